The van der Waals surface area contributed by atoms with E-state index in [0.29, 0.717) is 42.2 Å². The van der Waals surface area contributed by atoms with Gasteiger partial charge in [-0.2, -0.15) is 13.2 Å². The van der Waals surface area contributed by atoms with Crippen molar-refractivity contribution in [1.82, 2.24) is 25.1 Å². The van der Waals surface area contributed by atoms with Crippen molar-refractivity contribution in [3.8, 4) is 5.75 Å². The molecule has 0 radical (unpaired) electrons. The number of phenols is 1. The lowest BCUT2D eigenvalue weighted by Gasteiger charge is -2.53. The Labute approximate surface area is 375 Å². The standard InChI is InChI=1S/C49H68F3N7O5/c1-47-16-11-38-37-10-8-36(60)25-34(37)5-9-39(38)40(47)12-17-48(47,63)15-2-18-53-26-32-3-6-35(7-4-32)59-19-13-33(14-20-59)29-57-21-23-58(24-22-57)30-42-46(62)45(61)41(31-64-42)55-44-28-54-27-43(56-44)49(50,51)52/h3-4,6-8,10,25,27-28,33,38-42,45-46,53,60-63H,2,5,9,11-24,26,29-31H2,1H3,(H,55,56)/t38-,39-,40+,41+,42-,45-,46+,47+,48+/m1/s1. The Balaban J connectivity index is 0.649. The van der Waals surface area contributed by atoms with E-state index in [1.807, 2.05) is 12.1 Å². The Kier molecular flexibility index (Phi) is 13.5. The van der Waals surface area contributed by atoms with Crippen molar-refractivity contribution in [2.45, 2.75) is 120 Å². The summed E-state index contributed by atoms with van der Waals surface area (Å²) in [5, 5.41) is 50.3. The van der Waals surface area contributed by atoms with E-state index in [9.17, 15) is 33.6 Å². The Morgan fingerprint density at radius 3 is 2.38 bits per heavy atom. The fraction of sp³-hybridized carbons (Fsp3) is 0.673. The van der Waals surface area contributed by atoms with Gasteiger partial charge in [-0.05, 0) is 141 Å². The van der Waals surface area contributed by atoms with Crippen LogP contribution in [0.1, 0.15) is 93.0 Å². The summed E-state index contributed by atoms with van der Waals surface area (Å²) < 4.78 is 45.1. The van der Waals surface area contributed by atoms with Crippen LogP contribution in [0.3, 0.4) is 0 Å². The highest BCUT2D eigenvalue weighted by molar-refractivity contribution is 5.48. The Morgan fingerprint density at radius 2 is 1.62 bits per heavy atom. The summed E-state index contributed by atoms with van der Waals surface area (Å²) in [5.74, 6) is 2.63. The van der Waals surface area contributed by atoms with Gasteiger partial charge in [0.1, 0.15) is 23.8 Å². The molecule has 15 heteroatoms. The first-order valence-electron chi connectivity index (χ1n) is 23.9. The van der Waals surface area contributed by atoms with Crippen molar-refractivity contribution in [2.24, 2.45) is 23.2 Å². The number of hydrogen-bond acceptors (Lipinski definition) is 12. The molecule has 350 valence electrons. The van der Waals surface area contributed by atoms with E-state index in [1.54, 1.807) is 0 Å². The van der Waals surface area contributed by atoms with Crippen LogP contribution in [0.4, 0.5) is 24.7 Å². The molecule has 6 aliphatic rings. The largest absolute Gasteiger partial charge is 0.508 e. The first-order chi connectivity index (χ1) is 30.8. The number of piperazine rings is 1. The molecular weight excluding hydrogens is 824 g/mol. The van der Waals surface area contributed by atoms with Crippen LogP contribution in [0.25, 0.3) is 0 Å². The number of nitrogens with zero attached hydrogens (tertiary/aromatic N) is 5. The Hall–Kier alpha value is -3.57. The highest BCUT2D eigenvalue weighted by atomic mass is 19.4. The number of anilines is 2. The molecule has 3 saturated heterocycles. The molecule has 12 nitrogen and oxygen atoms in total. The van der Waals surface area contributed by atoms with Crippen molar-refractivity contribution in [1.29, 1.82) is 0 Å². The van der Waals surface area contributed by atoms with Gasteiger partial charge in [-0.3, -0.25) is 9.88 Å². The Bertz CT molecular complexity index is 2030. The molecule has 3 aliphatic heterocycles. The topological polar surface area (TPSA) is 150 Å². The summed E-state index contributed by atoms with van der Waals surface area (Å²) in [4.78, 5) is 14.4. The average Bonchev–Trinajstić information content (AvgIpc) is 3.56. The zero-order valence-corrected chi connectivity index (χ0v) is 37.2. The van der Waals surface area contributed by atoms with Gasteiger partial charge in [0.2, 0.25) is 0 Å². The summed E-state index contributed by atoms with van der Waals surface area (Å²) in [6, 6.07) is 14.2. The summed E-state index contributed by atoms with van der Waals surface area (Å²) in [6.07, 6.45) is 4.65. The van der Waals surface area contributed by atoms with Gasteiger partial charge in [0.05, 0.1) is 36.7 Å². The number of phenolic OH excluding ortho intramolecular Hbond substituents is 1. The van der Waals surface area contributed by atoms with E-state index < -0.39 is 41.8 Å². The minimum Gasteiger partial charge on any atom is -0.508 e. The van der Waals surface area contributed by atoms with E-state index in [2.05, 4.69) is 72.6 Å². The fourth-order valence-corrected chi connectivity index (χ4v) is 12.7. The smallest absolute Gasteiger partial charge is 0.434 e. The van der Waals surface area contributed by atoms with Gasteiger partial charge in [0.15, 0.2) is 5.69 Å². The van der Waals surface area contributed by atoms with E-state index in [0.717, 1.165) is 123 Å². The second-order valence-corrected chi connectivity index (χ2v) is 20.2. The van der Waals surface area contributed by atoms with Crippen molar-refractivity contribution in [3.63, 3.8) is 0 Å². The fourth-order valence-electron chi connectivity index (χ4n) is 12.7. The lowest BCUT2D eigenvalue weighted by Crippen LogP contribution is -2.59. The molecule has 3 aromatic rings. The van der Waals surface area contributed by atoms with E-state index >= 15 is 0 Å². The monoisotopic (exact) mass is 892 g/mol. The molecule has 1 aromatic heterocycles. The number of ether oxygens (including phenoxy) is 1. The second kappa shape index (κ2) is 19.0. The van der Waals surface area contributed by atoms with Gasteiger partial charge in [-0.25, -0.2) is 4.98 Å². The van der Waals surface area contributed by atoms with Crippen molar-refractivity contribution in [2.75, 3.05) is 75.7 Å². The zero-order valence-electron chi connectivity index (χ0n) is 37.2. The molecule has 2 aromatic carbocycles. The van der Waals surface area contributed by atoms with Crippen LogP contribution in [0, 0.1) is 23.2 Å². The molecule has 0 unspecified atom stereocenters. The molecule has 4 heterocycles. The maximum atomic E-state index is 13.1. The van der Waals surface area contributed by atoms with Crippen LogP contribution in [0.5, 0.6) is 5.75 Å². The van der Waals surface area contributed by atoms with Crippen LogP contribution in [-0.4, -0.2) is 136 Å². The maximum absolute atomic E-state index is 13.1. The van der Waals surface area contributed by atoms with Crippen molar-refractivity contribution in [3.05, 3.63) is 77.2 Å². The number of nitrogens with one attached hydrogen (secondary N) is 2. The van der Waals surface area contributed by atoms with Crippen molar-refractivity contribution < 1.29 is 38.3 Å². The molecule has 9 rings (SSSR count). The summed E-state index contributed by atoms with van der Waals surface area (Å²) in [7, 11) is 0. The predicted molar refractivity (Wildman–Crippen MR) is 239 cm³/mol. The predicted octanol–water partition coefficient (Wildman–Crippen LogP) is 5.79. The molecule has 9 atom stereocenters. The SMILES string of the molecule is C[C@]12CC[C@@H]3c4ccc(O)cc4CC[C@H]3[C@@H]1CC[C@@]2(O)CCCNCc1ccc(N2CCC(CN3CCN(C[C@H]4OC[C@H](Nc5cncc(C(F)(F)F)n5)[C@@H](O)[C@H]4O)CC3)CC2)cc1. The molecule has 64 heavy (non-hydrogen) atoms. The number of piperidine rings is 1. The number of aromatic hydroxyl groups is 1. The molecule has 0 amide bonds. The normalized spacial score (nSPS) is 32.8. The number of aryl methyl sites for hydroxylation is 1. The number of hydrogen-bond donors (Lipinski definition) is 6. The number of benzene rings is 2. The zero-order chi connectivity index (χ0) is 44.6. The van der Waals surface area contributed by atoms with Crippen LogP contribution in [-0.2, 0) is 23.9 Å². The third-order valence-corrected chi connectivity index (χ3v) is 16.5. The lowest BCUT2D eigenvalue weighted by atomic mass is 9.53. The van der Waals surface area contributed by atoms with Gasteiger partial charge in [0, 0.05) is 64.6 Å². The van der Waals surface area contributed by atoms with E-state index in [-0.39, 0.29) is 17.8 Å². The molecule has 2 saturated carbocycles. The minimum atomic E-state index is -4.64. The van der Waals surface area contributed by atoms with Crippen LogP contribution in [0.15, 0.2) is 54.9 Å². The van der Waals surface area contributed by atoms with Gasteiger partial charge >= 0.3 is 6.18 Å². The first-order valence-corrected chi connectivity index (χ1v) is 23.9. The van der Waals surface area contributed by atoms with Gasteiger partial charge in [0.25, 0.3) is 0 Å². The molecule has 3 aliphatic carbocycles. The molecule has 0 bridgehead atoms. The number of halogens is 3. The number of aliphatic hydroxyl groups excluding tert-OH is 2. The molecule has 6 N–H and O–H groups in total. The third kappa shape index (κ3) is 9.63. The number of rotatable bonds is 13. The maximum Gasteiger partial charge on any atom is 0.434 e. The van der Waals surface area contributed by atoms with E-state index in [1.165, 1.54) is 28.8 Å². The van der Waals surface area contributed by atoms with E-state index in [4.69, 9.17) is 4.74 Å². The molecule has 5 fully saturated rings. The number of alkyl halides is 3. The summed E-state index contributed by atoms with van der Waals surface area (Å²) in [6.45, 7) is 11.2. The minimum absolute atomic E-state index is 0.0150. The number of fused-ring (bicyclic) bond motifs is 5. The second-order valence-electron chi connectivity index (χ2n) is 20.2. The van der Waals surface area contributed by atoms with Crippen LogP contribution < -0.4 is 15.5 Å². The average molecular weight is 892 g/mol. The van der Waals surface area contributed by atoms with Gasteiger partial charge in [-0.1, -0.05) is 25.1 Å². The molecular formula is C49H68F3N7O5. The number of aliphatic hydroxyl groups is 3. The van der Waals surface area contributed by atoms with Crippen LogP contribution >= 0.6 is 0 Å². The quantitative estimate of drug-likeness (QED) is 0.115. The lowest BCUT2D eigenvalue weighted by molar-refractivity contribution is -0.148. The van der Waals surface area contributed by atoms with Gasteiger partial charge < -0.3 is 45.6 Å². The first kappa shape index (κ1) is 45.6. The highest BCUT2D eigenvalue weighted by Gasteiger charge is 2.61. The van der Waals surface area contributed by atoms with Crippen LogP contribution in [0.2, 0.25) is 0 Å². The highest BCUT2D eigenvalue weighted by Crippen LogP contribution is 2.65. The Morgan fingerprint density at radius 1 is 0.875 bits per heavy atom. The third-order valence-electron chi connectivity index (χ3n) is 16.5. The summed E-state index contributed by atoms with van der Waals surface area (Å²) >= 11 is 0. The van der Waals surface area contributed by atoms with Gasteiger partial charge in [-0.15, -0.1) is 0 Å². The molecule has 0 spiro atoms. The number of aromatic nitrogens is 2. The van der Waals surface area contributed by atoms with Crippen molar-refractivity contribution >= 4 is 11.5 Å². The summed E-state index contributed by atoms with van der Waals surface area (Å²) in [5.41, 5.74) is 3.56.